The highest BCUT2D eigenvalue weighted by molar-refractivity contribution is 7.10. The zero-order valence-corrected chi connectivity index (χ0v) is 12.7. The molecule has 1 N–H and O–H groups in total. The number of halogens is 4. The van der Waals surface area contributed by atoms with Crippen LogP contribution in [-0.2, 0) is 6.18 Å². The van der Waals surface area contributed by atoms with Crippen molar-refractivity contribution in [2.75, 3.05) is 5.32 Å². The van der Waals surface area contributed by atoms with Crippen LogP contribution in [0.3, 0.4) is 0 Å². The summed E-state index contributed by atoms with van der Waals surface area (Å²) in [6.45, 7) is 3.60. The van der Waals surface area contributed by atoms with E-state index >= 15 is 0 Å². The van der Waals surface area contributed by atoms with Crippen LogP contribution in [0.1, 0.15) is 26.4 Å². The third kappa shape index (κ3) is 3.39. The average molecular weight is 334 g/mol. The van der Waals surface area contributed by atoms with E-state index in [0.717, 1.165) is 22.6 Å². The minimum atomic E-state index is -4.59. The van der Waals surface area contributed by atoms with E-state index in [0.29, 0.717) is 5.56 Å². The van der Waals surface area contributed by atoms with Crippen LogP contribution in [0.5, 0.6) is 0 Å². The van der Waals surface area contributed by atoms with Crippen molar-refractivity contribution in [3.63, 3.8) is 0 Å². The molecule has 0 spiro atoms. The average Bonchev–Trinajstić information content (AvgIpc) is 2.71. The van der Waals surface area contributed by atoms with E-state index in [1.807, 2.05) is 6.92 Å². The summed E-state index contributed by atoms with van der Waals surface area (Å²) < 4.78 is 38.9. The number of alkyl halides is 3. The molecule has 1 amide bonds. The zero-order chi connectivity index (χ0) is 15.8. The Morgan fingerprint density at radius 2 is 1.95 bits per heavy atom. The highest BCUT2D eigenvalue weighted by atomic mass is 35.5. The van der Waals surface area contributed by atoms with Gasteiger partial charge in [-0.05, 0) is 37.6 Å². The Hall–Kier alpha value is -1.53. The first kappa shape index (κ1) is 15.9. The summed E-state index contributed by atoms with van der Waals surface area (Å²) in [5.74, 6) is -0.565. The van der Waals surface area contributed by atoms with Crippen molar-refractivity contribution in [1.29, 1.82) is 0 Å². The quantitative estimate of drug-likeness (QED) is 0.795. The first-order chi connectivity index (χ1) is 9.70. The summed E-state index contributed by atoms with van der Waals surface area (Å²) in [5, 5.41) is 3.89. The second-order valence-corrected chi connectivity index (χ2v) is 5.99. The maximum Gasteiger partial charge on any atom is 0.418 e. The molecule has 21 heavy (non-hydrogen) atoms. The number of thiophene rings is 1. The van der Waals surface area contributed by atoms with Gasteiger partial charge >= 0.3 is 6.18 Å². The van der Waals surface area contributed by atoms with Crippen molar-refractivity contribution in [3.05, 3.63) is 50.2 Å². The fourth-order valence-electron chi connectivity index (χ4n) is 1.79. The number of hydrogen-bond donors (Lipinski definition) is 1. The van der Waals surface area contributed by atoms with Crippen LogP contribution < -0.4 is 5.32 Å². The van der Waals surface area contributed by atoms with E-state index < -0.39 is 17.6 Å². The first-order valence-corrected chi connectivity index (χ1v) is 7.18. The molecule has 1 aromatic carbocycles. The topological polar surface area (TPSA) is 29.1 Å². The molecular formula is C14H11ClF3NOS. The largest absolute Gasteiger partial charge is 0.418 e. The van der Waals surface area contributed by atoms with E-state index in [4.69, 9.17) is 11.6 Å². The Morgan fingerprint density at radius 3 is 2.48 bits per heavy atom. The summed E-state index contributed by atoms with van der Waals surface area (Å²) in [4.78, 5) is 13.1. The van der Waals surface area contributed by atoms with Gasteiger partial charge in [0.1, 0.15) is 0 Å². The van der Waals surface area contributed by atoms with E-state index in [9.17, 15) is 18.0 Å². The number of benzene rings is 1. The van der Waals surface area contributed by atoms with E-state index in [-0.39, 0.29) is 10.7 Å². The standard InChI is InChI=1S/C14H11ClF3NOS/c1-7-8(2)21-6-10(7)13(20)19-12-4-3-9(15)5-11(12)14(16,17)18/h3-6H,1-2H3,(H,19,20). The van der Waals surface area contributed by atoms with Crippen LogP contribution in [-0.4, -0.2) is 5.91 Å². The maximum atomic E-state index is 13.0. The van der Waals surface area contributed by atoms with Crippen molar-refractivity contribution in [2.45, 2.75) is 20.0 Å². The molecule has 0 aliphatic carbocycles. The van der Waals surface area contributed by atoms with Gasteiger partial charge in [0, 0.05) is 15.3 Å². The number of aryl methyl sites for hydroxylation is 1. The Kier molecular flexibility index (Phi) is 4.30. The monoisotopic (exact) mass is 333 g/mol. The number of carbonyl (C=O) groups is 1. The van der Waals surface area contributed by atoms with Crippen molar-refractivity contribution in [3.8, 4) is 0 Å². The highest BCUT2D eigenvalue weighted by Crippen LogP contribution is 2.36. The van der Waals surface area contributed by atoms with Crippen LogP contribution in [0.4, 0.5) is 18.9 Å². The lowest BCUT2D eigenvalue weighted by Crippen LogP contribution is -2.17. The predicted octanol–water partition coefficient (Wildman–Crippen LogP) is 5.29. The molecule has 0 aliphatic rings. The molecule has 0 fully saturated rings. The predicted molar refractivity (Wildman–Crippen MR) is 78.2 cm³/mol. The van der Waals surface area contributed by atoms with Crippen LogP contribution in [0.25, 0.3) is 0 Å². The van der Waals surface area contributed by atoms with E-state index in [1.165, 1.54) is 17.4 Å². The van der Waals surface area contributed by atoms with Crippen LogP contribution in [0, 0.1) is 13.8 Å². The van der Waals surface area contributed by atoms with Gasteiger partial charge in [-0.1, -0.05) is 11.6 Å². The summed E-state index contributed by atoms with van der Waals surface area (Å²) in [5.41, 5.74) is -0.131. The maximum absolute atomic E-state index is 13.0. The van der Waals surface area contributed by atoms with E-state index in [1.54, 1.807) is 12.3 Å². The molecule has 0 bridgehead atoms. The van der Waals surface area contributed by atoms with Gasteiger partial charge in [0.15, 0.2) is 0 Å². The Bertz CT molecular complexity index is 694. The smallest absolute Gasteiger partial charge is 0.321 e. The summed E-state index contributed by atoms with van der Waals surface area (Å²) in [6.07, 6.45) is -4.59. The van der Waals surface area contributed by atoms with Gasteiger partial charge in [-0.25, -0.2) is 0 Å². The van der Waals surface area contributed by atoms with Gasteiger partial charge in [0.05, 0.1) is 16.8 Å². The SMILES string of the molecule is Cc1scc(C(=O)Nc2ccc(Cl)cc2C(F)(F)F)c1C. The van der Waals surface area contributed by atoms with Crippen LogP contribution >= 0.6 is 22.9 Å². The number of carbonyl (C=O) groups excluding carboxylic acids is 1. The van der Waals surface area contributed by atoms with Gasteiger partial charge in [-0.3, -0.25) is 4.79 Å². The van der Waals surface area contributed by atoms with Gasteiger partial charge in [-0.2, -0.15) is 13.2 Å². The minimum absolute atomic E-state index is 0.0390. The van der Waals surface area contributed by atoms with Crippen LogP contribution in [0.15, 0.2) is 23.6 Å². The van der Waals surface area contributed by atoms with Crippen molar-refractivity contribution in [2.24, 2.45) is 0 Å². The highest BCUT2D eigenvalue weighted by Gasteiger charge is 2.34. The molecule has 0 saturated carbocycles. The number of anilines is 1. The lowest BCUT2D eigenvalue weighted by molar-refractivity contribution is -0.136. The molecule has 2 nitrogen and oxygen atoms in total. The minimum Gasteiger partial charge on any atom is -0.321 e. The molecule has 0 radical (unpaired) electrons. The van der Waals surface area contributed by atoms with Crippen molar-refractivity contribution >= 4 is 34.5 Å². The fourth-order valence-corrected chi connectivity index (χ4v) is 2.82. The normalized spacial score (nSPS) is 11.5. The molecule has 1 aromatic heterocycles. The summed E-state index contributed by atoms with van der Waals surface area (Å²) in [6, 6.07) is 3.25. The molecular weight excluding hydrogens is 323 g/mol. The number of rotatable bonds is 2. The molecule has 2 rings (SSSR count). The summed E-state index contributed by atoms with van der Waals surface area (Å²) >= 11 is 6.97. The van der Waals surface area contributed by atoms with Gasteiger partial charge in [0.25, 0.3) is 5.91 Å². The third-order valence-corrected chi connectivity index (χ3v) is 4.31. The van der Waals surface area contributed by atoms with Crippen molar-refractivity contribution in [1.82, 2.24) is 0 Å². The molecule has 0 atom stereocenters. The number of hydrogen-bond acceptors (Lipinski definition) is 2. The molecule has 7 heteroatoms. The van der Waals surface area contributed by atoms with Gasteiger partial charge < -0.3 is 5.32 Å². The lowest BCUT2D eigenvalue weighted by atomic mass is 10.1. The molecule has 112 valence electrons. The fraction of sp³-hybridized carbons (Fsp3) is 0.214. The van der Waals surface area contributed by atoms with Gasteiger partial charge in [0.2, 0.25) is 0 Å². The molecule has 0 unspecified atom stereocenters. The number of nitrogens with one attached hydrogen (secondary N) is 1. The molecule has 0 saturated heterocycles. The Balaban J connectivity index is 2.36. The third-order valence-electron chi connectivity index (χ3n) is 3.07. The molecule has 2 aromatic rings. The first-order valence-electron chi connectivity index (χ1n) is 5.93. The Labute approximate surface area is 128 Å². The Morgan fingerprint density at radius 1 is 1.29 bits per heavy atom. The van der Waals surface area contributed by atoms with Crippen molar-refractivity contribution < 1.29 is 18.0 Å². The van der Waals surface area contributed by atoms with Crippen LogP contribution in [0.2, 0.25) is 5.02 Å². The second kappa shape index (κ2) is 5.69. The van der Waals surface area contributed by atoms with Gasteiger partial charge in [-0.15, -0.1) is 11.3 Å². The molecule has 1 heterocycles. The zero-order valence-electron chi connectivity index (χ0n) is 11.1. The lowest BCUT2D eigenvalue weighted by Gasteiger charge is -2.14. The molecule has 0 aliphatic heterocycles. The van der Waals surface area contributed by atoms with E-state index in [2.05, 4.69) is 5.32 Å². The summed E-state index contributed by atoms with van der Waals surface area (Å²) in [7, 11) is 0. The number of amides is 1. The second-order valence-electron chi connectivity index (χ2n) is 4.47.